The molecule has 0 bridgehead atoms. The molecule has 0 aliphatic heterocycles. The van der Waals surface area contributed by atoms with Crippen molar-refractivity contribution in [2.75, 3.05) is 0 Å². The van der Waals surface area contributed by atoms with Crippen molar-refractivity contribution < 1.29 is 8.94 Å². The topological polar surface area (TPSA) is 91.0 Å². The second-order valence-corrected chi connectivity index (χ2v) is 4.06. The lowest BCUT2D eigenvalue weighted by Gasteiger charge is -1.94. The average Bonchev–Trinajstić information content (AvgIpc) is 3.07. The molecular formula is C13H12N4O2. The van der Waals surface area contributed by atoms with Crippen molar-refractivity contribution in [3.63, 3.8) is 0 Å². The molecule has 0 spiro atoms. The molecule has 0 radical (unpaired) electrons. The number of aromatic nitrogens is 3. The third-order valence-electron chi connectivity index (χ3n) is 2.62. The van der Waals surface area contributed by atoms with Crippen LogP contribution in [0.25, 0.3) is 23.2 Å². The first-order chi connectivity index (χ1) is 9.26. The quantitative estimate of drug-likeness (QED) is 0.772. The summed E-state index contributed by atoms with van der Waals surface area (Å²) in [5.74, 6) is 1.93. The average molecular weight is 256 g/mol. The van der Waals surface area contributed by atoms with E-state index in [-0.39, 0.29) is 0 Å². The van der Waals surface area contributed by atoms with Crippen LogP contribution in [-0.2, 0) is 6.54 Å². The SMILES string of the molecule is Cc1cccc(-c2noc(-c3ccc(CN)o3)n2)n1. The molecular weight excluding hydrogens is 244 g/mol. The molecule has 6 heteroatoms. The number of furan rings is 1. The van der Waals surface area contributed by atoms with Crippen LogP contribution in [-0.4, -0.2) is 15.1 Å². The van der Waals surface area contributed by atoms with E-state index < -0.39 is 0 Å². The van der Waals surface area contributed by atoms with Crippen molar-refractivity contribution in [3.05, 3.63) is 41.8 Å². The summed E-state index contributed by atoms with van der Waals surface area (Å²) in [6, 6.07) is 9.17. The van der Waals surface area contributed by atoms with Crippen molar-refractivity contribution in [1.82, 2.24) is 15.1 Å². The highest BCUT2D eigenvalue weighted by molar-refractivity contribution is 5.53. The summed E-state index contributed by atoms with van der Waals surface area (Å²) >= 11 is 0. The molecule has 3 aromatic rings. The van der Waals surface area contributed by atoms with E-state index in [2.05, 4.69) is 15.1 Å². The molecule has 19 heavy (non-hydrogen) atoms. The van der Waals surface area contributed by atoms with Crippen LogP contribution in [0.1, 0.15) is 11.5 Å². The first-order valence-electron chi connectivity index (χ1n) is 5.83. The minimum Gasteiger partial charge on any atom is -0.455 e. The van der Waals surface area contributed by atoms with Gasteiger partial charge < -0.3 is 14.7 Å². The molecule has 2 N–H and O–H groups in total. The van der Waals surface area contributed by atoms with E-state index in [9.17, 15) is 0 Å². The van der Waals surface area contributed by atoms with Crippen molar-refractivity contribution in [2.45, 2.75) is 13.5 Å². The minimum atomic E-state index is 0.318. The Morgan fingerprint density at radius 3 is 2.79 bits per heavy atom. The number of rotatable bonds is 3. The second kappa shape index (κ2) is 4.66. The van der Waals surface area contributed by atoms with Gasteiger partial charge in [0.15, 0.2) is 5.76 Å². The van der Waals surface area contributed by atoms with E-state index in [0.717, 1.165) is 5.69 Å². The van der Waals surface area contributed by atoms with Crippen LogP contribution < -0.4 is 5.73 Å². The van der Waals surface area contributed by atoms with Gasteiger partial charge in [-0.25, -0.2) is 4.98 Å². The van der Waals surface area contributed by atoms with Crippen molar-refractivity contribution in [1.29, 1.82) is 0 Å². The fourth-order valence-electron chi connectivity index (χ4n) is 1.70. The molecule has 3 heterocycles. The lowest BCUT2D eigenvalue weighted by molar-refractivity contribution is 0.412. The molecule has 96 valence electrons. The monoisotopic (exact) mass is 256 g/mol. The highest BCUT2D eigenvalue weighted by Crippen LogP contribution is 2.23. The summed E-state index contributed by atoms with van der Waals surface area (Å²) in [5, 5.41) is 3.90. The van der Waals surface area contributed by atoms with Crippen LogP contribution in [0.15, 0.2) is 39.3 Å². The zero-order chi connectivity index (χ0) is 13.2. The van der Waals surface area contributed by atoms with Gasteiger partial charge in [0.05, 0.1) is 6.54 Å². The van der Waals surface area contributed by atoms with Gasteiger partial charge in [-0.05, 0) is 31.2 Å². The van der Waals surface area contributed by atoms with Gasteiger partial charge in [-0.3, -0.25) is 0 Å². The highest BCUT2D eigenvalue weighted by Gasteiger charge is 2.14. The number of nitrogens with two attached hydrogens (primary N) is 1. The first kappa shape index (κ1) is 11.6. The Morgan fingerprint density at radius 2 is 2.05 bits per heavy atom. The van der Waals surface area contributed by atoms with E-state index in [4.69, 9.17) is 14.7 Å². The maximum absolute atomic E-state index is 5.48. The molecule has 0 aliphatic rings. The van der Waals surface area contributed by atoms with Gasteiger partial charge in [-0.2, -0.15) is 4.98 Å². The molecule has 0 atom stereocenters. The van der Waals surface area contributed by atoms with E-state index in [1.54, 1.807) is 12.1 Å². The predicted molar refractivity (Wildman–Crippen MR) is 67.9 cm³/mol. The van der Waals surface area contributed by atoms with Crippen molar-refractivity contribution in [2.24, 2.45) is 5.73 Å². The molecule has 0 amide bonds. The summed E-state index contributed by atoms with van der Waals surface area (Å²) in [6.07, 6.45) is 0. The van der Waals surface area contributed by atoms with Crippen LogP contribution in [0, 0.1) is 6.92 Å². The van der Waals surface area contributed by atoms with Gasteiger partial charge >= 0.3 is 0 Å². The number of nitrogens with zero attached hydrogens (tertiary/aromatic N) is 3. The van der Waals surface area contributed by atoms with E-state index in [1.807, 2.05) is 25.1 Å². The molecule has 0 fully saturated rings. The molecule has 0 saturated carbocycles. The van der Waals surface area contributed by atoms with Gasteiger partial charge in [0.2, 0.25) is 5.82 Å². The van der Waals surface area contributed by atoms with Crippen LogP contribution >= 0.6 is 0 Å². The largest absolute Gasteiger partial charge is 0.455 e. The maximum atomic E-state index is 5.48. The molecule has 6 nitrogen and oxygen atoms in total. The smallest absolute Gasteiger partial charge is 0.293 e. The summed E-state index contributed by atoms with van der Waals surface area (Å²) in [6.45, 7) is 2.24. The minimum absolute atomic E-state index is 0.318. The molecule has 3 aromatic heterocycles. The highest BCUT2D eigenvalue weighted by atomic mass is 16.5. The molecule has 0 unspecified atom stereocenters. The van der Waals surface area contributed by atoms with E-state index >= 15 is 0 Å². The lowest BCUT2D eigenvalue weighted by Crippen LogP contribution is -1.92. The van der Waals surface area contributed by atoms with Crippen molar-refractivity contribution >= 4 is 0 Å². The Labute approximate surface area is 109 Å². The maximum Gasteiger partial charge on any atom is 0.293 e. The van der Waals surface area contributed by atoms with E-state index in [1.165, 1.54) is 0 Å². The predicted octanol–water partition coefficient (Wildman–Crippen LogP) is 2.16. The number of aryl methyl sites for hydroxylation is 1. The Balaban J connectivity index is 1.95. The summed E-state index contributed by atoms with van der Waals surface area (Å²) in [4.78, 5) is 8.60. The number of hydrogen-bond donors (Lipinski definition) is 1. The van der Waals surface area contributed by atoms with Gasteiger partial charge in [0.25, 0.3) is 5.89 Å². The molecule has 0 aromatic carbocycles. The molecule has 0 saturated heterocycles. The number of hydrogen-bond acceptors (Lipinski definition) is 6. The summed E-state index contributed by atoms with van der Waals surface area (Å²) < 4.78 is 10.6. The number of pyridine rings is 1. The Hall–Kier alpha value is -2.47. The summed E-state index contributed by atoms with van der Waals surface area (Å²) in [7, 11) is 0. The van der Waals surface area contributed by atoms with Crippen LogP contribution in [0.5, 0.6) is 0 Å². The van der Waals surface area contributed by atoms with Crippen LogP contribution in [0.2, 0.25) is 0 Å². The van der Waals surface area contributed by atoms with Gasteiger partial charge in [0.1, 0.15) is 11.5 Å². The second-order valence-electron chi connectivity index (χ2n) is 4.06. The van der Waals surface area contributed by atoms with Gasteiger partial charge in [-0.15, -0.1) is 0 Å². The Kier molecular flexibility index (Phi) is 2.85. The Morgan fingerprint density at radius 1 is 1.16 bits per heavy atom. The zero-order valence-electron chi connectivity index (χ0n) is 10.3. The van der Waals surface area contributed by atoms with Crippen LogP contribution in [0.4, 0.5) is 0 Å². The summed E-state index contributed by atoms with van der Waals surface area (Å²) in [5.41, 5.74) is 7.05. The molecule has 3 rings (SSSR count). The fraction of sp³-hybridized carbons (Fsp3) is 0.154. The zero-order valence-corrected chi connectivity index (χ0v) is 10.3. The van der Waals surface area contributed by atoms with Gasteiger partial charge in [-0.1, -0.05) is 11.2 Å². The van der Waals surface area contributed by atoms with Crippen molar-refractivity contribution in [3.8, 4) is 23.2 Å². The normalized spacial score (nSPS) is 10.8. The van der Waals surface area contributed by atoms with Gasteiger partial charge in [0, 0.05) is 5.69 Å². The lowest BCUT2D eigenvalue weighted by atomic mass is 10.3. The first-order valence-corrected chi connectivity index (χ1v) is 5.83. The Bertz CT molecular complexity index is 702. The third-order valence-corrected chi connectivity index (χ3v) is 2.62. The van der Waals surface area contributed by atoms with Crippen LogP contribution in [0.3, 0.4) is 0 Å². The molecule has 0 aliphatic carbocycles. The van der Waals surface area contributed by atoms with E-state index in [0.29, 0.717) is 35.5 Å². The third kappa shape index (κ3) is 2.25. The standard InChI is InChI=1S/C13H12N4O2/c1-8-3-2-4-10(15-8)12-16-13(19-17-12)11-6-5-9(7-14)18-11/h2-6H,7,14H2,1H3. The fourth-order valence-corrected chi connectivity index (χ4v) is 1.70.